The minimum atomic E-state index is -2.95. The average Bonchev–Trinajstić information content (AvgIpc) is 3.23. The second kappa shape index (κ2) is 7.48. The van der Waals surface area contributed by atoms with Crippen molar-refractivity contribution in [3.8, 4) is 0 Å². The molecular weight excluding hydrogens is 378 g/mol. The van der Waals surface area contributed by atoms with Gasteiger partial charge in [0.15, 0.2) is 15.0 Å². The van der Waals surface area contributed by atoms with Crippen molar-refractivity contribution in [3.63, 3.8) is 0 Å². The molecule has 1 aliphatic heterocycles. The molecule has 0 amide bonds. The molecule has 5 nitrogen and oxygen atoms in total. The van der Waals surface area contributed by atoms with Crippen LogP contribution < -0.4 is 0 Å². The highest BCUT2D eigenvalue weighted by Gasteiger charge is 2.33. The third-order valence-corrected chi connectivity index (χ3v) is 8.01. The molecule has 0 aliphatic carbocycles. The molecule has 4 rings (SSSR count). The summed E-state index contributed by atoms with van der Waals surface area (Å²) in [6.07, 6.45) is 0.625. The Labute approximate surface area is 163 Å². The van der Waals surface area contributed by atoms with Crippen LogP contribution >= 0.6 is 11.8 Å². The maximum atomic E-state index is 11.8. The lowest BCUT2D eigenvalue weighted by molar-refractivity contribution is 0.599. The zero-order valence-electron chi connectivity index (χ0n) is 15.0. The Morgan fingerprint density at radius 1 is 1.00 bits per heavy atom. The van der Waals surface area contributed by atoms with Gasteiger partial charge in [0.05, 0.1) is 16.8 Å². The molecule has 2 heterocycles. The first-order chi connectivity index (χ1) is 13.0. The smallest absolute Gasteiger partial charge is 0.191 e. The molecule has 3 aromatic rings. The van der Waals surface area contributed by atoms with E-state index in [1.807, 2.05) is 48.0 Å². The number of aromatic nitrogens is 3. The van der Waals surface area contributed by atoms with Gasteiger partial charge in [-0.1, -0.05) is 72.4 Å². The van der Waals surface area contributed by atoms with Crippen LogP contribution in [0.5, 0.6) is 0 Å². The number of hydrogen-bond acceptors (Lipinski definition) is 5. The van der Waals surface area contributed by atoms with Crippen LogP contribution in [0.4, 0.5) is 0 Å². The van der Waals surface area contributed by atoms with Crippen LogP contribution in [0.25, 0.3) is 0 Å². The van der Waals surface area contributed by atoms with E-state index in [0.717, 1.165) is 11.0 Å². The molecule has 1 fully saturated rings. The quantitative estimate of drug-likeness (QED) is 0.614. The fourth-order valence-corrected chi connectivity index (χ4v) is 6.35. The van der Waals surface area contributed by atoms with Crippen molar-refractivity contribution in [3.05, 3.63) is 77.6 Å². The van der Waals surface area contributed by atoms with Gasteiger partial charge in [-0.2, -0.15) is 0 Å². The normalized spacial score (nSPS) is 18.8. The van der Waals surface area contributed by atoms with Gasteiger partial charge in [-0.15, -0.1) is 10.2 Å². The van der Waals surface area contributed by atoms with Crippen molar-refractivity contribution in [1.82, 2.24) is 14.8 Å². The first kappa shape index (κ1) is 18.3. The van der Waals surface area contributed by atoms with E-state index in [0.29, 0.717) is 6.42 Å². The number of sulfone groups is 1. The van der Waals surface area contributed by atoms with Gasteiger partial charge >= 0.3 is 0 Å². The van der Waals surface area contributed by atoms with E-state index in [1.165, 1.54) is 11.1 Å². The molecule has 0 bridgehead atoms. The summed E-state index contributed by atoms with van der Waals surface area (Å²) in [5.41, 5.74) is 2.39. The third-order valence-electron chi connectivity index (χ3n) is 4.89. The van der Waals surface area contributed by atoms with Crippen LogP contribution in [0.1, 0.15) is 34.5 Å². The number of nitrogens with zero attached hydrogens (tertiary/aromatic N) is 3. The van der Waals surface area contributed by atoms with Gasteiger partial charge in [0.1, 0.15) is 5.82 Å². The molecule has 1 aliphatic rings. The van der Waals surface area contributed by atoms with Gasteiger partial charge in [-0.25, -0.2) is 8.42 Å². The van der Waals surface area contributed by atoms with Crippen molar-refractivity contribution in [2.45, 2.75) is 22.7 Å². The Morgan fingerprint density at radius 2 is 1.59 bits per heavy atom. The SMILES string of the molecule is Cn1c(SC(c2ccccc2)c2ccccc2)nnc1C1CCS(=O)(=O)C1. The van der Waals surface area contributed by atoms with Crippen molar-refractivity contribution in [1.29, 1.82) is 0 Å². The largest absolute Gasteiger partial charge is 0.309 e. The van der Waals surface area contributed by atoms with Gasteiger partial charge < -0.3 is 4.57 Å². The fourth-order valence-electron chi connectivity index (χ4n) is 3.47. The Bertz CT molecular complexity index is 978. The monoisotopic (exact) mass is 399 g/mol. The number of benzene rings is 2. The summed E-state index contributed by atoms with van der Waals surface area (Å²) in [5, 5.41) is 9.60. The lowest BCUT2D eigenvalue weighted by Crippen LogP contribution is -2.09. The highest BCUT2D eigenvalue weighted by atomic mass is 32.2. The fraction of sp³-hybridized carbons (Fsp3) is 0.300. The molecule has 0 N–H and O–H groups in total. The van der Waals surface area contributed by atoms with E-state index >= 15 is 0 Å². The van der Waals surface area contributed by atoms with E-state index in [2.05, 4.69) is 34.5 Å². The van der Waals surface area contributed by atoms with Gasteiger partial charge in [-0.3, -0.25) is 0 Å². The number of thioether (sulfide) groups is 1. The van der Waals surface area contributed by atoms with Crippen LogP contribution in [-0.2, 0) is 16.9 Å². The standard InChI is InChI=1S/C20H21N3O2S2/c1-23-19(17-12-13-27(24,25)14-17)21-22-20(23)26-18(15-8-4-2-5-9-15)16-10-6-3-7-11-16/h2-11,17-18H,12-14H2,1H3. The van der Waals surface area contributed by atoms with E-state index in [4.69, 9.17) is 0 Å². The molecule has 0 radical (unpaired) electrons. The van der Waals surface area contributed by atoms with Crippen LogP contribution in [0.15, 0.2) is 65.8 Å². The summed E-state index contributed by atoms with van der Waals surface area (Å²) in [5.74, 6) is 1.11. The maximum absolute atomic E-state index is 11.8. The first-order valence-corrected chi connectivity index (χ1v) is 11.6. The van der Waals surface area contributed by atoms with E-state index in [-0.39, 0.29) is 22.7 Å². The van der Waals surface area contributed by atoms with Crippen molar-refractivity contribution >= 4 is 21.6 Å². The first-order valence-electron chi connectivity index (χ1n) is 8.90. The molecule has 140 valence electrons. The molecule has 2 aromatic carbocycles. The van der Waals surface area contributed by atoms with Crippen molar-refractivity contribution < 1.29 is 8.42 Å². The highest BCUT2D eigenvalue weighted by molar-refractivity contribution is 7.99. The summed E-state index contributed by atoms with van der Waals surface area (Å²) >= 11 is 1.64. The van der Waals surface area contributed by atoms with Crippen LogP contribution in [-0.4, -0.2) is 34.7 Å². The second-order valence-electron chi connectivity index (χ2n) is 6.82. The summed E-state index contributed by atoms with van der Waals surface area (Å²) < 4.78 is 25.6. The average molecular weight is 400 g/mol. The van der Waals surface area contributed by atoms with Gasteiger partial charge in [0, 0.05) is 13.0 Å². The Kier molecular flexibility index (Phi) is 5.06. The Morgan fingerprint density at radius 3 is 2.11 bits per heavy atom. The predicted molar refractivity (Wildman–Crippen MR) is 108 cm³/mol. The molecule has 1 saturated heterocycles. The molecule has 27 heavy (non-hydrogen) atoms. The second-order valence-corrected chi connectivity index (χ2v) is 10.1. The lowest BCUT2D eigenvalue weighted by Gasteiger charge is -2.17. The number of hydrogen-bond donors (Lipinski definition) is 0. The summed E-state index contributed by atoms with van der Waals surface area (Å²) in [6, 6.07) is 20.6. The van der Waals surface area contributed by atoms with Gasteiger partial charge in [0.2, 0.25) is 0 Å². The summed E-state index contributed by atoms with van der Waals surface area (Å²) in [7, 11) is -1.02. The minimum Gasteiger partial charge on any atom is -0.309 e. The van der Waals surface area contributed by atoms with E-state index in [1.54, 1.807) is 11.8 Å². The number of rotatable bonds is 5. The molecule has 7 heteroatoms. The van der Waals surface area contributed by atoms with Crippen molar-refractivity contribution in [2.24, 2.45) is 7.05 Å². The molecule has 0 saturated carbocycles. The Hall–Kier alpha value is -2.12. The Balaban J connectivity index is 1.65. The summed E-state index contributed by atoms with van der Waals surface area (Å²) in [6.45, 7) is 0. The lowest BCUT2D eigenvalue weighted by atomic mass is 10.0. The summed E-state index contributed by atoms with van der Waals surface area (Å²) in [4.78, 5) is 0. The van der Waals surface area contributed by atoms with Crippen LogP contribution in [0.3, 0.4) is 0 Å². The third kappa shape index (κ3) is 3.94. The van der Waals surface area contributed by atoms with E-state index in [9.17, 15) is 8.42 Å². The maximum Gasteiger partial charge on any atom is 0.191 e. The zero-order valence-corrected chi connectivity index (χ0v) is 16.7. The topological polar surface area (TPSA) is 64.8 Å². The molecule has 1 atom stereocenters. The van der Waals surface area contributed by atoms with Crippen molar-refractivity contribution in [2.75, 3.05) is 11.5 Å². The molecule has 1 unspecified atom stereocenters. The van der Waals surface area contributed by atoms with E-state index < -0.39 is 9.84 Å². The molecule has 1 aromatic heterocycles. The zero-order chi connectivity index (χ0) is 18.9. The predicted octanol–water partition coefficient (Wildman–Crippen LogP) is 3.60. The molecular formula is C20H21N3O2S2. The highest BCUT2D eigenvalue weighted by Crippen LogP contribution is 2.40. The molecule has 0 spiro atoms. The van der Waals surface area contributed by atoms with Gasteiger partial charge in [0.25, 0.3) is 0 Å². The van der Waals surface area contributed by atoms with Crippen LogP contribution in [0, 0.1) is 0 Å². The minimum absolute atomic E-state index is 0.0613. The van der Waals surface area contributed by atoms with Gasteiger partial charge in [-0.05, 0) is 17.5 Å². The van der Waals surface area contributed by atoms with Crippen LogP contribution in [0.2, 0.25) is 0 Å².